The third kappa shape index (κ3) is 2.34. The summed E-state index contributed by atoms with van der Waals surface area (Å²) in [6.07, 6.45) is 8.19. The Kier molecular flexibility index (Phi) is 2.74. The number of hydrogen-bond acceptors (Lipinski definition) is 3. The molecule has 3 heteroatoms. The van der Waals surface area contributed by atoms with E-state index in [-0.39, 0.29) is 11.5 Å². The summed E-state index contributed by atoms with van der Waals surface area (Å²) in [5, 5.41) is 0. The van der Waals surface area contributed by atoms with Gasteiger partial charge >= 0.3 is 0 Å². The number of hydrogen-bond donors (Lipinski definition) is 1. The van der Waals surface area contributed by atoms with Crippen molar-refractivity contribution in [3.63, 3.8) is 0 Å². The molecule has 1 aromatic rings. The normalized spacial score (nSPS) is 19.9. The number of nitrogens with zero attached hydrogens (tertiary/aromatic N) is 2. The monoisotopic (exact) mass is 205 g/mol. The molecule has 0 radical (unpaired) electrons. The molecule has 3 nitrogen and oxygen atoms in total. The Hall–Kier alpha value is -0.960. The fourth-order valence-corrected chi connectivity index (χ4v) is 1.63. The molecule has 2 N–H and O–H groups in total. The maximum absolute atomic E-state index is 5.89. The van der Waals surface area contributed by atoms with Crippen molar-refractivity contribution in [1.29, 1.82) is 0 Å². The first-order valence-electron chi connectivity index (χ1n) is 5.71. The average Bonchev–Trinajstić information content (AvgIpc) is 2.98. The highest BCUT2D eigenvalue weighted by atomic mass is 14.9. The van der Waals surface area contributed by atoms with Crippen LogP contribution in [-0.2, 0) is 11.8 Å². The van der Waals surface area contributed by atoms with Crippen molar-refractivity contribution in [1.82, 2.24) is 9.97 Å². The van der Waals surface area contributed by atoms with Crippen LogP contribution in [0.25, 0.3) is 0 Å². The Morgan fingerprint density at radius 3 is 2.47 bits per heavy atom. The second kappa shape index (κ2) is 3.89. The van der Waals surface area contributed by atoms with Gasteiger partial charge in [-0.3, -0.25) is 0 Å². The highest BCUT2D eigenvalue weighted by Gasteiger charge is 2.41. The summed E-state index contributed by atoms with van der Waals surface area (Å²) < 4.78 is 0. The van der Waals surface area contributed by atoms with E-state index in [1.54, 1.807) is 0 Å². The van der Waals surface area contributed by atoms with E-state index in [0.717, 1.165) is 24.2 Å². The lowest BCUT2D eigenvalue weighted by Gasteiger charge is -2.10. The van der Waals surface area contributed by atoms with Crippen LogP contribution >= 0.6 is 0 Å². The van der Waals surface area contributed by atoms with Crippen molar-refractivity contribution < 1.29 is 0 Å². The van der Waals surface area contributed by atoms with Crippen molar-refractivity contribution in [2.24, 2.45) is 5.73 Å². The fraction of sp³-hybridized carbons (Fsp3) is 0.667. The van der Waals surface area contributed by atoms with Gasteiger partial charge in [0, 0.05) is 23.9 Å². The summed E-state index contributed by atoms with van der Waals surface area (Å²) in [4.78, 5) is 8.87. The lowest BCUT2D eigenvalue weighted by atomic mass is 10.1. The molecular weight excluding hydrogens is 186 g/mol. The molecule has 1 saturated carbocycles. The van der Waals surface area contributed by atoms with Crippen LogP contribution in [0.5, 0.6) is 0 Å². The van der Waals surface area contributed by atoms with E-state index in [9.17, 15) is 0 Å². The topological polar surface area (TPSA) is 51.8 Å². The number of aromatic nitrogens is 2. The molecule has 0 bridgehead atoms. The van der Waals surface area contributed by atoms with Gasteiger partial charge in [0.25, 0.3) is 0 Å². The summed E-state index contributed by atoms with van der Waals surface area (Å²) in [5.74, 6) is 0.997. The molecule has 0 spiro atoms. The zero-order valence-corrected chi connectivity index (χ0v) is 9.53. The van der Waals surface area contributed by atoms with Crippen LogP contribution in [0.15, 0.2) is 12.4 Å². The second-order valence-corrected chi connectivity index (χ2v) is 4.85. The Bertz CT molecular complexity index is 327. The molecule has 0 amide bonds. The quantitative estimate of drug-likeness (QED) is 0.815. The summed E-state index contributed by atoms with van der Waals surface area (Å²) in [5.41, 5.74) is 7.31. The molecule has 0 aliphatic heterocycles. The van der Waals surface area contributed by atoms with Crippen LogP contribution in [0, 0.1) is 0 Å². The highest BCUT2D eigenvalue weighted by Crippen LogP contribution is 2.45. The van der Waals surface area contributed by atoms with E-state index >= 15 is 0 Å². The minimum atomic E-state index is 0.232. The molecule has 1 aliphatic carbocycles. The maximum Gasteiger partial charge on any atom is 0.134 e. The first-order valence-corrected chi connectivity index (χ1v) is 5.71. The van der Waals surface area contributed by atoms with Gasteiger partial charge in [-0.15, -0.1) is 0 Å². The zero-order chi connectivity index (χ0) is 10.9. The highest BCUT2D eigenvalue weighted by molar-refractivity contribution is 5.17. The van der Waals surface area contributed by atoms with E-state index in [4.69, 9.17) is 5.73 Å². The van der Waals surface area contributed by atoms with E-state index in [1.807, 2.05) is 12.4 Å². The summed E-state index contributed by atoms with van der Waals surface area (Å²) in [6.45, 7) is 4.32. The predicted octanol–water partition coefficient (Wildman–Crippen LogP) is 1.81. The minimum Gasteiger partial charge on any atom is -0.327 e. The van der Waals surface area contributed by atoms with Crippen LogP contribution in [0.2, 0.25) is 0 Å². The standard InChI is InChI=1S/C12H19N3/c1-3-10(13)6-9-7-14-11(15-8-9)12(2)4-5-12/h7-8,10H,3-6,13H2,1-2H3. The maximum atomic E-state index is 5.89. The van der Waals surface area contributed by atoms with Gasteiger partial charge in [-0.1, -0.05) is 13.8 Å². The van der Waals surface area contributed by atoms with E-state index in [0.29, 0.717) is 0 Å². The Labute approximate surface area is 91.1 Å². The van der Waals surface area contributed by atoms with Gasteiger partial charge in [-0.05, 0) is 31.2 Å². The van der Waals surface area contributed by atoms with Gasteiger partial charge in [0.05, 0.1) is 0 Å². The van der Waals surface area contributed by atoms with Gasteiger partial charge in [0.1, 0.15) is 5.82 Å². The summed E-state index contributed by atoms with van der Waals surface area (Å²) in [7, 11) is 0. The summed E-state index contributed by atoms with van der Waals surface area (Å²) >= 11 is 0. The molecule has 1 aromatic heterocycles. The molecule has 1 heterocycles. The van der Waals surface area contributed by atoms with Crippen LogP contribution in [0.4, 0.5) is 0 Å². The smallest absolute Gasteiger partial charge is 0.134 e. The Morgan fingerprint density at radius 2 is 2.00 bits per heavy atom. The van der Waals surface area contributed by atoms with Crippen molar-refractivity contribution in [2.75, 3.05) is 0 Å². The van der Waals surface area contributed by atoms with Crippen LogP contribution in [0.3, 0.4) is 0 Å². The van der Waals surface area contributed by atoms with Crippen molar-refractivity contribution in [3.05, 3.63) is 23.8 Å². The summed E-state index contributed by atoms with van der Waals surface area (Å²) in [6, 6.07) is 0.232. The number of nitrogens with two attached hydrogens (primary N) is 1. The van der Waals surface area contributed by atoms with Crippen molar-refractivity contribution in [2.45, 2.75) is 51.0 Å². The largest absolute Gasteiger partial charge is 0.327 e. The number of rotatable bonds is 4. The Morgan fingerprint density at radius 1 is 1.40 bits per heavy atom. The van der Waals surface area contributed by atoms with E-state index in [1.165, 1.54) is 12.8 Å². The molecule has 0 aromatic carbocycles. The molecule has 1 fully saturated rings. The van der Waals surface area contributed by atoms with Gasteiger partial charge in [-0.25, -0.2) is 9.97 Å². The molecular formula is C12H19N3. The predicted molar refractivity (Wildman–Crippen MR) is 60.6 cm³/mol. The van der Waals surface area contributed by atoms with Gasteiger partial charge < -0.3 is 5.73 Å². The first-order chi connectivity index (χ1) is 7.14. The SMILES string of the molecule is CCC(N)Cc1cnc(C2(C)CC2)nc1. The molecule has 2 rings (SSSR count). The van der Waals surface area contributed by atoms with E-state index in [2.05, 4.69) is 23.8 Å². The third-order valence-electron chi connectivity index (χ3n) is 3.27. The molecule has 82 valence electrons. The Balaban J connectivity index is 2.04. The van der Waals surface area contributed by atoms with Gasteiger partial charge in [-0.2, -0.15) is 0 Å². The molecule has 15 heavy (non-hydrogen) atoms. The van der Waals surface area contributed by atoms with Crippen LogP contribution in [-0.4, -0.2) is 16.0 Å². The molecule has 0 saturated heterocycles. The van der Waals surface area contributed by atoms with Gasteiger partial charge in [0.2, 0.25) is 0 Å². The van der Waals surface area contributed by atoms with E-state index < -0.39 is 0 Å². The molecule has 1 unspecified atom stereocenters. The third-order valence-corrected chi connectivity index (χ3v) is 3.27. The molecule has 1 aliphatic rings. The van der Waals surface area contributed by atoms with Crippen LogP contribution < -0.4 is 5.73 Å². The lowest BCUT2D eigenvalue weighted by molar-refractivity contribution is 0.637. The van der Waals surface area contributed by atoms with Crippen LogP contribution in [0.1, 0.15) is 44.5 Å². The fourth-order valence-electron chi connectivity index (χ4n) is 1.63. The lowest BCUT2D eigenvalue weighted by Crippen LogP contribution is -2.21. The zero-order valence-electron chi connectivity index (χ0n) is 9.53. The minimum absolute atomic E-state index is 0.232. The van der Waals surface area contributed by atoms with Gasteiger partial charge in [0.15, 0.2) is 0 Å². The average molecular weight is 205 g/mol. The van der Waals surface area contributed by atoms with Crippen molar-refractivity contribution >= 4 is 0 Å². The van der Waals surface area contributed by atoms with Crippen molar-refractivity contribution in [3.8, 4) is 0 Å². The molecule has 1 atom stereocenters. The first kappa shape index (κ1) is 10.6. The second-order valence-electron chi connectivity index (χ2n) is 4.85.